The number of hydrogen-bond donors (Lipinski definition) is 2. The van der Waals surface area contributed by atoms with E-state index in [1.165, 1.54) is 6.07 Å². The van der Waals surface area contributed by atoms with Crippen LogP contribution in [0.4, 0.5) is 24.7 Å². The summed E-state index contributed by atoms with van der Waals surface area (Å²) in [6.45, 7) is 2.26. The molecule has 2 N–H and O–H groups in total. The van der Waals surface area contributed by atoms with Crippen molar-refractivity contribution in [3.63, 3.8) is 0 Å². The molecule has 1 atom stereocenters. The number of rotatable bonds is 5. The van der Waals surface area contributed by atoms with Gasteiger partial charge in [0.15, 0.2) is 0 Å². The van der Waals surface area contributed by atoms with E-state index in [0.717, 1.165) is 61.2 Å². The second kappa shape index (κ2) is 8.78. The zero-order valence-electron chi connectivity index (χ0n) is 16.5. The number of pyridine rings is 1. The van der Waals surface area contributed by atoms with Crippen LogP contribution in [0, 0.1) is 0 Å². The third-order valence-corrected chi connectivity index (χ3v) is 6.50. The molecule has 0 aliphatic carbocycles. The van der Waals surface area contributed by atoms with Crippen molar-refractivity contribution in [3.8, 4) is 0 Å². The van der Waals surface area contributed by atoms with Crippen LogP contribution in [0.5, 0.6) is 0 Å². The van der Waals surface area contributed by atoms with Crippen LogP contribution >= 0.6 is 11.8 Å². The molecule has 0 unspecified atom stereocenters. The summed E-state index contributed by atoms with van der Waals surface area (Å²) in [7, 11) is 0. The molecule has 1 aromatic heterocycles. The molecule has 0 spiro atoms. The average Bonchev–Trinajstić information content (AvgIpc) is 3.27. The Hall–Kier alpha value is -2.75. The highest BCUT2D eigenvalue weighted by Gasteiger charge is 2.34. The second-order valence-corrected chi connectivity index (χ2v) is 8.75. The number of alkyl halides is 3. The Bertz CT molecular complexity index is 993. The molecule has 3 heterocycles. The fourth-order valence-corrected chi connectivity index (χ4v) is 4.68. The maximum atomic E-state index is 12.9. The lowest BCUT2D eigenvalue weighted by molar-refractivity contribution is -0.137. The van der Waals surface area contributed by atoms with Crippen LogP contribution in [-0.4, -0.2) is 35.1 Å². The summed E-state index contributed by atoms with van der Waals surface area (Å²) in [6.07, 6.45) is -0.551. The lowest BCUT2D eigenvalue weighted by atomic mass is 10.1. The van der Waals surface area contributed by atoms with E-state index >= 15 is 0 Å². The van der Waals surface area contributed by atoms with E-state index in [1.54, 1.807) is 6.20 Å². The fraction of sp³-hybridized carbons (Fsp3) is 0.381. The van der Waals surface area contributed by atoms with E-state index in [0.29, 0.717) is 11.4 Å². The van der Waals surface area contributed by atoms with Gasteiger partial charge in [0, 0.05) is 37.1 Å². The van der Waals surface area contributed by atoms with Crippen LogP contribution in [0.25, 0.3) is 0 Å². The summed E-state index contributed by atoms with van der Waals surface area (Å²) in [6, 6.07) is 6.99. The topological polar surface area (TPSA) is 74.3 Å². The Morgan fingerprint density at radius 3 is 2.74 bits per heavy atom. The van der Waals surface area contributed by atoms with Crippen LogP contribution in [0.2, 0.25) is 0 Å². The van der Waals surface area contributed by atoms with Gasteiger partial charge in [-0.25, -0.2) is 4.98 Å². The van der Waals surface area contributed by atoms with Gasteiger partial charge in [-0.2, -0.15) is 13.2 Å². The molecule has 1 saturated heterocycles. The third kappa shape index (κ3) is 5.12. The number of anilines is 2. The Morgan fingerprint density at radius 2 is 2.00 bits per heavy atom. The van der Waals surface area contributed by atoms with E-state index in [-0.39, 0.29) is 18.0 Å². The SMILES string of the molecule is O=C(C[C@@H]1Sc2ccc(C(F)(F)F)cc2NC1=O)NCc1ccnc(N2CCCC2)c1. The van der Waals surface area contributed by atoms with Gasteiger partial charge in [-0.1, -0.05) is 0 Å². The molecule has 2 aliphatic heterocycles. The minimum absolute atomic E-state index is 0.0684. The Labute approximate surface area is 181 Å². The van der Waals surface area contributed by atoms with Crippen molar-refractivity contribution in [1.29, 1.82) is 0 Å². The van der Waals surface area contributed by atoms with Gasteiger partial charge >= 0.3 is 6.18 Å². The molecule has 2 aliphatic rings. The highest BCUT2D eigenvalue weighted by molar-refractivity contribution is 8.01. The summed E-state index contributed by atoms with van der Waals surface area (Å²) in [5.74, 6) is 0.107. The van der Waals surface area contributed by atoms with Crippen LogP contribution in [-0.2, 0) is 22.3 Å². The fourth-order valence-electron chi connectivity index (χ4n) is 3.59. The van der Waals surface area contributed by atoms with Gasteiger partial charge in [-0.3, -0.25) is 9.59 Å². The van der Waals surface area contributed by atoms with Gasteiger partial charge in [0.05, 0.1) is 16.5 Å². The Kier molecular flexibility index (Phi) is 6.08. The summed E-state index contributed by atoms with van der Waals surface area (Å²) < 4.78 is 38.6. The number of carbonyl (C=O) groups is 2. The van der Waals surface area contributed by atoms with Gasteiger partial charge in [0.25, 0.3) is 0 Å². The van der Waals surface area contributed by atoms with Crippen molar-refractivity contribution in [3.05, 3.63) is 47.7 Å². The number of amides is 2. The van der Waals surface area contributed by atoms with Gasteiger partial charge in [0.1, 0.15) is 5.82 Å². The molecule has 1 fully saturated rings. The van der Waals surface area contributed by atoms with Gasteiger partial charge in [-0.15, -0.1) is 11.8 Å². The highest BCUT2D eigenvalue weighted by Crippen LogP contribution is 2.40. The van der Waals surface area contributed by atoms with Crippen LogP contribution in [0.3, 0.4) is 0 Å². The number of thioether (sulfide) groups is 1. The zero-order valence-corrected chi connectivity index (χ0v) is 17.4. The van der Waals surface area contributed by atoms with E-state index < -0.39 is 22.9 Å². The molecule has 2 amide bonds. The van der Waals surface area contributed by atoms with Crippen molar-refractivity contribution < 1.29 is 22.8 Å². The maximum Gasteiger partial charge on any atom is 0.416 e. The third-order valence-electron chi connectivity index (χ3n) is 5.23. The number of benzene rings is 1. The van der Waals surface area contributed by atoms with Crippen molar-refractivity contribution in [2.24, 2.45) is 0 Å². The first-order valence-corrected chi connectivity index (χ1v) is 10.8. The van der Waals surface area contributed by atoms with Crippen molar-refractivity contribution in [1.82, 2.24) is 10.3 Å². The van der Waals surface area contributed by atoms with Crippen LogP contribution in [0.15, 0.2) is 41.4 Å². The number of nitrogens with one attached hydrogen (secondary N) is 2. The largest absolute Gasteiger partial charge is 0.416 e. The smallest absolute Gasteiger partial charge is 0.357 e. The van der Waals surface area contributed by atoms with E-state index in [1.807, 2.05) is 12.1 Å². The monoisotopic (exact) mass is 450 g/mol. The van der Waals surface area contributed by atoms with E-state index in [2.05, 4.69) is 20.5 Å². The van der Waals surface area contributed by atoms with E-state index in [4.69, 9.17) is 0 Å². The molecule has 6 nitrogen and oxygen atoms in total. The molecule has 0 bridgehead atoms. The minimum Gasteiger partial charge on any atom is -0.357 e. The number of carbonyl (C=O) groups excluding carboxylic acids is 2. The lowest BCUT2D eigenvalue weighted by Crippen LogP contribution is -2.34. The van der Waals surface area contributed by atoms with Crippen LogP contribution < -0.4 is 15.5 Å². The van der Waals surface area contributed by atoms with Gasteiger partial charge in [-0.05, 0) is 48.7 Å². The maximum absolute atomic E-state index is 12.9. The molecule has 1 aromatic carbocycles. The minimum atomic E-state index is -4.48. The summed E-state index contributed by atoms with van der Waals surface area (Å²) >= 11 is 1.10. The zero-order chi connectivity index (χ0) is 22.0. The molecule has 31 heavy (non-hydrogen) atoms. The Balaban J connectivity index is 1.34. The van der Waals surface area contributed by atoms with Crippen LogP contribution in [0.1, 0.15) is 30.4 Å². The number of hydrogen-bond acceptors (Lipinski definition) is 5. The molecule has 0 saturated carbocycles. The Morgan fingerprint density at radius 1 is 1.23 bits per heavy atom. The van der Waals surface area contributed by atoms with Gasteiger partial charge < -0.3 is 15.5 Å². The first-order chi connectivity index (χ1) is 14.8. The predicted molar refractivity (Wildman–Crippen MR) is 112 cm³/mol. The first-order valence-electron chi connectivity index (χ1n) is 9.95. The number of aromatic nitrogens is 1. The number of halogens is 3. The first kappa shape index (κ1) is 21.5. The molecule has 0 radical (unpaired) electrons. The molecule has 4 rings (SSSR count). The van der Waals surface area contributed by atoms with Gasteiger partial charge in [0.2, 0.25) is 11.8 Å². The highest BCUT2D eigenvalue weighted by atomic mass is 32.2. The lowest BCUT2D eigenvalue weighted by Gasteiger charge is -2.24. The molecular weight excluding hydrogens is 429 g/mol. The van der Waals surface area contributed by atoms with Crippen molar-refractivity contribution >= 4 is 35.1 Å². The molecular formula is C21H21F3N4O2S. The quantitative estimate of drug-likeness (QED) is 0.725. The summed E-state index contributed by atoms with van der Waals surface area (Å²) in [5, 5.41) is 4.59. The molecule has 164 valence electrons. The van der Waals surface area contributed by atoms with E-state index in [9.17, 15) is 22.8 Å². The molecule has 10 heteroatoms. The number of fused-ring (bicyclic) bond motifs is 1. The summed E-state index contributed by atoms with van der Waals surface area (Å²) in [4.78, 5) is 31.8. The normalized spacial score (nSPS) is 18.5. The standard InChI is InChI=1S/C21H21F3N4O2S/c22-21(23,24)14-3-4-16-15(10-14)27-20(30)17(31-16)11-19(29)26-12-13-5-6-25-18(9-13)28-7-1-2-8-28/h3-6,9-10,17H,1-2,7-8,11-12H2,(H,26,29)(H,27,30)/t17-/m0/s1. The van der Waals surface area contributed by atoms with Crippen molar-refractivity contribution in [2.45, 2.75) is 42.1 Å². The average molecular weight is 450 g/mol. The second-order valence-electron chi connectivity index (χ2n) is 7.50. The number of nitrogens with zero attached hydrogens (tertiary/aromatic N) is 2. The molecule has 2 aromatic rings. The summed E-state index contributed by atoms with van der Waals surface area (Å²) in [5.41, 5.74) is 0.206. The predicted octanol–water partition coefficient (Wildman–Crippen LogP) is 3.82. The van der Waals surface area contributed by atoms with Crippen molar-refractivity contribution in [2.75, 3.05) is 23.3 Å².